The first kappa shape index (κ1) is 18.0. The van der Waals surface area contributed by atoms with E-state index in [1.54, 1.807) is 30.0 Å². The molecule has 1 aromatic heterocycles. The summed E-state index contributed by atoms with van der Waals surface area (Å²) in [6.07, 6.45) is 5.59. The number of methoxy groups -OCH3 is 1. The van der Waals surface area contributed by atoms with Crippen molar-refractivity contribution in [1.29, 1.82) is 0 Å². The number of carbonyl (C=O) groups is 2. The molecule has 0 spiro atoms. The molecule has 1 unspecified atom stereocenters. The van der Waals surface area contributed by atoms with E-state index in [1.807, 2.05) is 30.5 Å². The van der Waals surface area contributed by atoms with Crippen molar-refractivity contribution >= 4 is 17.5 Å². The van der Waals surface area contributed by atoms with Gasteiger partial charge in [0.05, 0.1) is 13.3 Å². The summed E-state index contributed by atoms with van der Waals surface area (Å²) in [7, 11) is 1.61. The van der Waals surface area contributed by atoms with Gasteiger partial charge < -0.3 is 14.5 Å². The number of nitrogens with one attached hydrogen (secondary N) is 1. The van der Waals surface area contributed by atoms with Gasteiger partial charge in [-0.2, -0.15) is 5.10 Å². The molecule has 2 aromatic rings. The summed E-state index contributed by atoms with van der Waals surface area (Å²) in [5.74, 6) is 0.731. The molecule has 3 rings (SSSR count). The molecule has 0 bridgehead atoms. The monoisotopic (exact) mass is 356 g/mol. The Bertz CT molecular complexity index is 743. The average molecular weight is 356 g/mol. The molecule has 1 fully saturated rings. The van der Waals surface area contributed by atoms with E-state index in [4.69, 9.17) is 4.74 Å². The van der Waals surface area contributed by atoms with Crippen LogP contribution in [0, 0.1) is 0 Å². The summed E-state index contributed by atoms with van der Waals surface area (Å²) in [6.45, 7) is 2.85. The molecular weight excluding hydrogens is 332 g/mol. The van der Waals surface area contributed by atoms with Crippen molar-refractivity contribution in [2.75, 3.05) is 25.1 Å². The first-order valence-corrected chi connectivity index (χ1v) is 8.82. The summed E-state index contributed by atoms with van der Waals surface area (Å²) in [4.78, 5) is 28.7. The van der Waals surface area contributed by atoms with Crippen LogP contribution in [0.2, 0.25) is 0 Å². The molecule has 2 amide bonds. The molecule has 1 N–H and O–H groups in total. The normalized spacial score (nSPS) is 17.5. The molecule has 0 saturated carbocycles. The minimum atomic E-state index is -0.452. The molecule has 26 heavy (non-hydrogen) atoms. The van der Waals surface area contributed by atoms with Crippen LogP contribution in [-0.2, 0) is 16.0 Å². The molecule has 1 aliphatic rings. The fourth-order valence-corrected chi connectivity index (χ4v) is 3.23. The van der Waals surface area contributed by atoms with E-state index < -0.39 is 6.04 Å². The van der Waals surface area contributed by atoms with Crippen LogP contribution < -0.4 is 9.64 Å². The number of aryl methyl sites for hydroxylation is 1. The third-order valence-corrected chi connectivity index (χ3v) is 4.77. The van der Waals surface area contributed by atoms with E-state index >= 15 is 0 Å². The Hall–Kier alpha value is -2.83. The lowest BCUT2D eigenvalue weighted by atomic mass is 10.1. The number of piperazine rings is 1. The minimum Gasteiger partial charge on any atom is -0.497 e. The van der Waals surface area contributed by atoms with Crippen LogP contribution in [0.4, 0.5) is 5.69 Å². The van der Waals surface area contributed by atoms with Crippen molar-refractivity contribution in [3.8, 4) is 5.75 Å². The van der Waals surface area contributed by atoms with Crippen LogP contribution in [0.5, 0.6) is 5.75 Å². The van der Waals surface area contributed by atoms with Crippen molar-refractivity contribution in [3.63, 3.8) is 0 Å². The lowest BCUT2D eigenvalue weighted by molar-refractivity contribution is -0.140. The van der Waals surface area contributed by atoms with E-state index in [-0.39, 0.29) is 11.8 Å². The van der Waals surface area contributed by atoms with Crippen LogP contribution in [-0.4, -0.2) is 53.2 Å². The standard InChI is InChI=1S/C19H24N4O3/c1-14-19(25)23(16-6-8-17(26-2)9-7-16)11-10-22(14)18(24)5-3-4-15-12-20-21-13-15/h6-9,12-14H,3-5,10-11H2,1-2H3,(H,20,21). The predicted molar refractivity (Wildman–Crippen MR) is 98.0 cm³/mol. The van der Waals surface area contributed by atoms with Crippen molar-refractivity contribution < 1.29 is 14.3 Å². The van der Waals surface area contributed by atoms with Gasteiger partial charge in [-0.1, -0.05) is 0 Å². The molecule has 7 nitrogen and oxygen atoms in total. The predicted octanol–water partition coefficient (Wildman–Crippen LogP) is 2.00. The van der Waals surface area contributed by atoms with Crippen molar-refractivity contribution in [2.45, 2.75) is 32.2 Å². The molecule has 138 valence electrons. The zero-order chi connectivity index (χ0) is 18.5. The van der Waals surface area contributed by atoms with Gasteiger partial charge in [-0.25, -0.2) is 0 Å². The highest BCUT2D eigenvalue weighted by Crippen LogP contribution is 2.23. The second-order valence-electron chi connectivity index (χ2n) is 6.41. The van der Waals surface area contributed by atoms with E-state index in [0.717, 1.165) is 29.8 Å². The van der Waals surface area contributed by atoms with Crippen LogP contribution in [0.3, 0.4) is 0 Å². The smallest absolute Gasteiger partial charge is 0.249 e. The van der Waals surface area contributed by atoms with Gasteiger partial charge in [0.15, 0.2) is 0 Å². The molecule has 1 aromatic carbocycles. The van der Waals surface area contributed by atoms with Crippen LogP contribution in [0.25, 0.3) is 0 Å². The number of benzene rings is 1. The summed E-state index contributed by atoms with van der Waals surface area (Å²) >= 11 is 0. The molecular formula is C19H24N4O3. The maximum atomic E-state index is 12.7. The highest BCUT2D eigenvalue weighted by Gasteiger charge is 2.34. The van der Waals surface area contributed by atoms with Gasteiger partial charge in [-0.05, 0) is 49.6 Å². The van der Waals surface area contributed by atoms with E-state index in [1.165, 1.54) is 0 Å². The lowest BCUT2D eigenvalue weighted by Crippen LogP contribution is -2.57. The maximum absolute atomic E-state index is 12.7. The van der Waals surface area contributed by atoms with Crippen molar-refractivity contribution in [1.82, 2.24) is 15.1 Å². The highest BCUT2D eigenvalue weighted by atomic mass is 16.5. The number of nitrogens with zero attached hydrogens (tertiary/aromatic N) is 3. The number of rotatable bonds is 6. The zero-order valence-corrected chi connectivity index (χ0v) is 15.1. The molecule has 1 aliphatic heterocycles. The Labute approximate surface area is 152 Å². The summed E-state index contributed by atoms with van der Waals surface area (Å²) in [5, 5.41) is 6.67. The number of amides is 2. The first-order chi connectivity index (χ1) is 12.6. The summed E-state index contributed by atoms with van der Waals surface area (Å²) < 4.78 is 5.16. The molecule has 0 radical (unpaired) electrons. The third-order valence-electron chi connectivity index (χ3n) is 4.77. The van der Waals surface area contributed by atoms with Crippen molar-refractivity contribution in [3.05, 3.63) is 42.2 Å². The van der Waals surface area contributed by atoms with Crippen molar-refractivity contribution in [2.24, 2.45) is 0 Å². The van der Waals surface area contributed by atoms with Crippen LogP contribution in [0.1, 0.15) is 25.3 Å². The second kappa shape index (κ2) is 8.03. The van der Waals surface area contributed by atoms with Crippen LogP contribution >= 0.6 is 0 Å². The van der Waals surface area contributed by atoms with Gasteiger partial charge in [0.1, 0.15) is 11.8 Å². The number of hydrogen-bond acceptors (Lipinski definition) is 4. The first-order valence-electron chi connectivity index (χ1n) is 8.82. The van der Waals surface area contributed by atoms with E-state index in [0.29, 0.717) is 19.5 Å². The second-order valence-corrected chi connectivity index (χ2v) is 6.41. The Morgan fingerprint density at radius 1 is 1.31 bits per heavy atom. The average Bonchev–Trinajstić information content (AvgIpc) is 3.17. The third kappa shape index (κ3) is 3.87. The zero-order valence-electron chi connectivity index (χ0n) is 15.1. The highest BCUT2D eigenvalue weighted by molar-refractivity contribution is 6.00. The molecule has 7 heteroatoms. The van der Waals surface area contributed by atoms with Crippen LogP contribution in [0.15, 0.2) is 36.7 Å². The lowest BCUT2D eigenvalue weighted by Gasteiger charge is -2.39. The minimum absolute atomic E-state index is 0.0312. The molecule has 1 atom stereocenters. The van der Waals surface area contributed by atoms with Gasteiger partial charge in [-0.3, -0.25) is 14.7 Å². The maximum Gasteiger partial charge on any atom is 0.249 e. The van der Waals surface area contributed by atoms with Gasteiger partial charge in [0, 0.05) is 31.4 Å². The number of aromatic amines is 1. The Morgan fingerprint density at radius 2 is 2.08 bits per heavy atom. The molecule has 0 aliphatic carbocycles. The quantitative estimate of drug-likeness (QED) is 0.859. The number of H-pyrrole nitrogens is 1. The number of anilines is 1. The van der Waals surface area contributed by atoms with Gasteiger partial charge in [0.25, 0.3) is 0 Å². The number of hydrogen-bond donors (Lipinski definition) is 1. The van der Waals surface area contributed by atoms with E-state index in [9.17, 15) is 9.59 Å². The fourth-order valence-electron chi connectivity index (χ4n) is 3.23. The summed E-state index contributed by atoms with van der Waals surface area (Å²) in [5.41, 5.74) is 1.92. The fraction of sp³-hybridized carbons (Fsp3) is 0.421. The molecule has 2 heterocycles. The Kier molecular flexibility index (Phi) is 5.55. The van der Waals surface area contributed by atoms with Gasteiger partial charge in [0.2, 0.25) is 11.8 Å². The Morgan fingerprint density at radius 3 is 2.73 bits per heavy atom. The molecule has 1 saturated heterocycles. The topological polar surface area (TPSA) is 78.5 Å². The van der Waals surface area contributed by atoms with Gasteiger partial charge in [-0.15, -0.1) is 0 Å². The summed E-state index contributed by atoms with van der Waals surface area (Å²) in [6, 6.07) is 6.95. The number of aromatic nitrogens is 2. The number of ether oxygens (including phenoxy) is 1. The number of carbonyl (C=O) groups excluding carboxylic acids is 2. The largest absolute Gasteiger partial charge is 0.497 e. The SMILES string of the molecule is COc1ccc(N2CCN(C(=O)CCCc3cn[nH]c3)C(C)C2=O)cc1. The van der Waals surface area contributed by atoms with E-state index in [2.05, 4.69) is 10.2 Å². The Balaban J connectivity index is 1.56. The van der Waals surface area contributed by atoms with Gasteiger partial charge >= 0.3 is 0 Å².